The number of ketones is 1. The van der Waals surface area contributed by atoms with Crippen molar-refractivity contribution < 1.29 is 9.90 Å². The van der Waals surface area contributed by atoms with E-state index >= 15 is 0 Å². The van der Waals surface area contributed by atoms with E-state index in [1.54, 1.807) is 6.92 Å². The Labute approximate surface area is 173 Å². The summed E-state index contributed by atoms with van der Waals surface area (Å²) in [5, 5.41) is 12.0. The highest BCUT2D eigenvalue weighted by atomic mass is 16.3. The van der Waals surface area contributed by atoms with Gasteiger partial charge in [0.1, 0.15) is 17.4 Å². The summed E-state index contributed by atoms with van der Waals surface area (Å²) in [6, 6.07) is 12.0. The standard InChI is InChI=1S/C25H28N2O2/c1-3-23-25(29,22-11-13-27(23)14-12-22)24-21(15-19-7-5-4-6-8-19)16-20(17-26-24)10-9-18(2)28/h1,4-8,16-17,22-23,29H,9-15H2,2H3. The molecule has 0 radical (unpaired) electrons. The molecule has 150 valence electrons. The number of fused-ring (bicyclic) bond motifs is 3. The monoisotopic (exact) mass is 388 g/mol. The number of aliphatic hydroxyl groups is 1. The Bertz CT molecular complexity index is 926. The van der Waals surface area contributed by atoms with Gasteiger partial charge in [-0.25, -0.2) is 0 Å². The molecule has 3 aliphatic heterocycles. The van der Waals surface area contributed by atoms with Crippen LogP contribution in [-0.2, 0) is 23.2 Å². The molecule has 2 unspecified atom stereocenters. The van der Waals surface area contributed by atoms with Crippen LogP contribution in [0, 0.1) is 18.3 Å². The normalized spacial score (nSPS) is 28.1. The van der Waals surface area contributed by atoms with Gasteiger partial charge in [-0.05, 0) is 68.3 Å². The van der Waals surface area contributed by atoms with E-state index in [0.717, 1.165) is 37.1 Å². The van der Waals surface area contributed by atoms with E-state index in [2.05, 4.69) is 29.0 Å². The lowest BCUT2D eigenvalue weighted by Crippen LogP contribution is -2.64. The van der Waals surface area contributed by atoms with Gasteiger partial charge in [0, 0.05) is 12.6 Å². The number of piperidine rings is 3. The minimum atomic E-state index is -1.13. The first-order chi connectivity index (χ1) is 14.0. The number of rotatable bonds is 6. The Balaban J connectivity index is 1.77. The summed E-state index contributed by atoms with van der Waals surface area (Å²) in [7, 11) is 0. The molecule has 4 nitrogen and oxygen atoms in total. The highest BCUT2D eigenvalue weighted by Gasteiger charge is 2.55. The largest absolute Gasteiger partial charge is 0.381 e. The van der Waals surface area contributed by atoms with Gasteiger partial charge in [-0.1, -0.05) is 42.3 Å². The first kappa shape index (κ1) is 19.8. The molecule has 3 saturated heterocycles. The van der Waals surface area contributed by atoms with Crippen molar-refractivity contribution in [2.24, 2.45) is 5.92 Å². The van der Waals surface area contributed by atoms with E-state index < -0.39 is 5.60 Å². The molecular weight excluding hydrogens is 360 g/mol. The smallest absolute Gasteiger partial charge is 0.136 e. The van der Waals surface area contributed by atoms with Crippen molar-refractivity contribution in [1.82, 2.24) is 9.88 Å². The Kier molecular flexibility index (Phi) is 5.54. The van der Waals surface area contributed by atoms with Gasteiger partial charge in [0.05, 0.1) is 5.69 Å². The van der Waals surface area contributed by atoms with Crippen LogP contribution in [-0.4, -0.2) is 39.9 Å². The third-order valence-corrected chi connectivity index (χ3v) is 6.50. The molecule has 5 rings (SSSR count). The number of terminal acetylenes is 1. The molecule has 1 N–H and O–H groups in total. The molecule has 3 fully saturated rings. The van der Waals surface area contributed by atoms with Crippen LogP contribution in [0.3, 0.4) is 0 Å². The number of Topliss-reactive ketones (excluding diaryl/α,β-unsaturated/α-hetero) is 1. The molecule has 2 aromatic rings. The number of nitrogens with zero attached hydrogens (tertiary/aromatic N) is 2. The van der Waals surface area contributed by atoms with Crippen molar-refractivity contribution in [3.05, 3.63) is 65.0 Å². The van der Waals surface area contributed by atoms with Crippen LogP contribution >= 0.6 is 0 Å². The van der Waals surface area contributed by atoms with Crippen molar-refractivity contribution >= 4 is 5.78 Å². The lowest BCUT2D eigenvalue weighted by atomic mass is 9.67. The van der Waals surface area contributed by atoms with Gasteiger partial charge >= 0.3 is 0 Å². The first-order valence-electron chi connectivity index (χ1n) is 10.5. The van der Waals surface area contributed by atoms with Crippen molar-refractivity contribution in [3.63, 3.8) is 0 Å². The van der Waals surface area contributed by atoms with Crippen LogP contribution in [0.25, 0.3) is 0 Å². The second-order valence-electron chi connectivity index (χ2n) is 8.42. The van der Waals surface area contributed by atoms with Crippen molar-refractivity contribution in [2.75, 3.05) is 13.1 Å². The highest BCUT2D eigenvalue weighted by molar-refractivity contribution is 5.75. The maximum atomic E-state index is 12.0. The number of aromatic nitrogens is 1. The number of carbonyl (C=O) groups excluding carboxylic acids is 1. The Morgan fingerprint density at radius 2 is 2.00 bits per heavy atom. The summed E-state index contributed by atoms with van der Waals surface area (Å²) in [5.41, 5.74) is 2.78. The predicted molar refractivity (Wildman–Crippen MR) is 113 cm³/mol. The van der Waals surface area contributed by atoms with E-state index in [-0.39, 0.29) is 17.7 Å². The van der Waals surface area contributed by atoms with Crippen LogP contribution in [0.1, 0.15) is 48.6 Å². The van der Waals surface area contributed by atoms with Crippen LogP contribution in [0.15, 0.2) is 42.6 Å². The fraction of sp³-hybridized carbons (Fsp3) is 0.440. The molecule has 1 aromatic carbocycles. The van der Waals surface area contributed by atoms with Crippen molar-refractivity contribution in [1.29, 1.82) is 0 Å². The molecule has 0 spiro atoms. The number of carbonyl (C=O) groups is 1. The minimum Gasteiger partial charge on any atom is -0.381 e. The van der Waals surface area contributed by atoms with Gasteiger partial charge < -0.3 is 9.90 Å². The van der Waals surface area contributed by atoms with E-state index in [9.17, 15) is 9.90 Å². The highest BCUT2D eigenvalue weighted by Crippen LogP contribution is 2.47. The fourth-order valence-corrected chi connectivity index (χ4v) is 4.98. The van der Waals surface area contributed by atoms with E-state index in [0.29, 0.717) is 25.0 Å². The molecule has 0 saturated carbocycles. The van der Waals surface area contributed by atoms with Gasteiger partial charge in [-0.15, -0.1) is 6.42 Å². The predicted octanol–water partition coefficient (Wildman–Crippen LogP) is 3.11. The zero-order valence-electron chi connectivity index (χ0n) is 17.0. The summed E-state index contributed by atoms with van der Waals surface area (Å²) < 4.78 is 0. The lowest BCUT2D eigenvalue weighted by Gasteiger charge is -2.54. The number of benzene rings is 1. The quantitative estimate of drug-likeness (QED) is 0.773. The number of pyridine rings is 1. The van der Waals surface area contributed by atoms with Crippen LogP contribution < -0.4 is 0 Å². The van der Waals surface area contributed by atoms with Gasteiger partial charge in [0.25, 0.3) is 0 Å². The molecular formula is C25H28N2O2. The third kappa shape index (κ3) is 3.73. The molecule has 2 bridgehead atoms. The molecule has 2 atom stereocenters. The Hall–Kier alpha value is -2.48. The molecule has 0 aliphatic carbocycles. The summed E-state index contributed by atoms with van der Waals surface area (Å²) in [6.45, 7) is 3.49. The summed E-state index contributed by atoms with van der Waals surface area (Å²) in [5.74, 6) is 3.15. The van der Waals surface area contributed by atoms with Crippen LogP contribution in [0.4, 0.5) is 0 Å². The summed E-state index contributed by atoms with van der Waals surface area (Å²) in [4.78, 5) is 18.4. The molecule has 4 heterocycles. The fourth-order valence-electron chi connectivity index (χ4n) is 4.98. The second kappa shape index (κ2) is 8.10. The van der Waals surface area contributed by atoms with Gasteiger partial charge in [0.15, 0.2) is 0 Å². The number of hydrogen-bond donors (Lipinski definition) is 1. The maximum absolute atomic E-state index is 12.0. The molecule has 3 aliphatic rings. The van der Waals surface area contributed by atoms with Crippen LogP contribution in [0.2, 0.25) is 0 Å². The summed E-state index contributed by atoms with van der Waals surface area (Å²) >= 11 is 0. The molecule has 1 aromatic heterocycles. The van der Waals surface area contributed by atoms with E-state index in [4.69, 9.17) is 11.4 Å². The lowest BCUT2D eigenvalue weighted by molar-refractivity contribution is -0.145. The second-order valence-corrected chi connectivity index (χ2v) is 8.42. The minimum absolute atomic E-state index is 0.124. The molecule has 29 heavy (non-hydrogen) atoms. The average molecular weight is 389 g/mol. The molecule has 0 amide bonds. The zero-order valence-corrected chi connectivity index (χ0v) is 17.0. The third-order valence-electron chi connectivity index (χ3n) is 6.50. The van der Waals surface area contributed by atoms with E-state index in [1.807, 2.05) is 24.4 Å². The van der Waals surface area contributed by atoms with Gasteiger partial charge in [0.2, 0.25) is 0 Å². The van der Waals surface area contributed by atoms with Crippen LogP contribution in [0.5, 0.6) is 0 Å². The van der Waals surface area contributed by atoms with Crippen molar-refractivity contribution in [2.45, 2.75) is 50.7 Å². The van der Waals surface area contributed by atoms with Gasteiger partial charge in [-0.2, -0.15) is 0 Å². The topological polar surface area (TPSA) is 53.4 Å². The Morgan fingerprint density at radius 3 is 2.66 bits per heavy atom. The first-order valence-corrected chi connectivity index (χ1v) is 10.5. The summed E-state index contributed by atoms with van der Waals surface area (Å²) in [6.07, 6.45) is 11.4. The average Bonchev–Trinajstić information content (AvgIpc) is 2.74. The maximum Gasteiger partial charge on any atom is 0.136 e. The van der Waals surface area contributed by atoms with E-state index in [1.165, 1.54) is 5.56 Å². The van der Waals surface area contributed by atoms with Gasteiger partial charge in [-0.3, -0.25) is 9.88 Å². The Morgan fingerprint density at radius 1 is 1.28 bits per heavy atom. The van der Waals surface area contributed by atoms with Crippen molar-refractivity contribution in [3.8, 4) is 12.3 Å². The number of hydrogen-bond acceptors (Lipinski definition) is 4. The molecule has 4 heteroatoms. The SMILES string of the molecule is C#CC1N2CCC(CC2)C1(O)c1ncc(CCC(C)=O)cc1Cc1ccccc1. The number of aryl methyl sites for hydroxylation is 1. The zero-order chi connectivity index (χ0) is 20.4.